The number of imidazole rings is 1. The van der Waals surface area contributed by atoms with E-state index in [-0.39, 0.29) is 29.9 Å². The Balaban J connectivity index is 2.05. The molecule has 1 aliphatic heterocycles. The first-order valence-corrected chi connectivity index (χ1v) is 6.20. The molecule has 0 unspecified atom stereocenters. The number of halogens is 1. The molecule has 9 heteroatoms. The van der Waals surface area contributed by atoms with Crippen LogP contribution in [0.15, 0.2) is 6.33 Å². The maximum absolute atomic E-state index is 13.3. The number of aromatic nitrogens is 4. The van der Waals surface area contributed by atoms with Crippen molar-refractivity contribution in [2.24, 2.45) is 5.73 Å². The largest absolute Gasteiger partial charge is 0.389 e. The van der Waals surface area contributed by atoms with Crippen LogP contribution in [0.25, 0.3) is 11.2 Å². The lowest BCUT2D eigenvalue weighted by molar-refractivity contribution is -0.0570. The zero-order valence-electron chi connectivity index (χ0n) is 10.9. The van der Waals surface area contributed by atoms with Gasteiger partial charge in [-0.1, -0.05) is 5.92 Å². The Morgan fingerprint density at radius 2 is 2.38 bits per heavy atom. The van der Waals surface area contributed by atoms with Crippen LogP contribution in [0.2, 0.25) is 0 Å². The number of rotatable bonds is 2. The standard InChI is InChI=1S/C12H13FN6O2/c1-2-12(4-14)6(20)3-7(21-12)19-5-16-8-9(15)17-11(13)18-10(8)19/h1,5-7,20H,3-4,14H2,(H2,15,17,18)/t6-,7+,12+/m0/s1. The molecule has 1 fully saturated rings. The average molecular weight is 292 g/mol. The number of fused-ring (bicyclic) bond motifs is 1. The Morgan fingerprint density at radius 3 is 3.00 bits per heavy atom. The van der Waals surface area contributed by atoms with Gasteiger partial charge in [0.25, 0.3) is 0 Å². The predicted molar refractivity (Wildman–Crippen MR) is 71.1 cm³/mol. The van der Waals surface area contributed by atoms with Crippen molar-refractivity contribution in [3.8, 4) is 12.3 Å². The van der Waals surface area contributed by atoms with Gasteiger partial charge in [0.15, 0.2) is 22.6 Å². The summed E-state index contributed by atoms with van der Waals surface area (Å²) in [7, 11) is 0. The SMILES string of the molecule is C#C[C@]1(CN)O[C@@H](n2cnc3c(N)nc(F)nc32)C[C@@H]1O. The number of aliphatic hydroxyl groups is 1. The summed E-state index contributed by atoms with van der Waals surface area (Å²) in [5, 5.41) is 10.1. The van der Waals surface area contributed by atoms with Crippen molar-refractivity contribution in [3.05, 3.63) is 12.4 Å². The number of nitrogen functional groups attached to an aromatic ring is 1. The van der Waals surface area contributed by atoms with Crippen LogP contribution in [0, 0.1) is 18.4 Å². The molecule has 8 nitrogen and oxygen atoms in total. The maximum atomic E-state index is 13.3. The van der Waals surface area contributed by atoms with E-state index < -0.39 is 24.0 Å². The molecule has 0 aliphatic carbocycles. The number of anilines is 1. The molecular weight excluding hydrogens is 279 g/mol. The van der Waals surface area contributed by atoms with Crippen molar-refractivity contribution in [2.75, 3.05) is 12.3 Å². The quantitative estimate of drug-likeness (QED) is 0.486. The Morgan fingerprint density at radius 1 is 1.62 bits per heavy atom. The van der Waals surface area contributed by atoms with Crippen LogP contribution in [-0.4, -0.2) is 42.9 Å². The number of hydrogen-bond acceptors (Lipinski definition) is 7. The minimum absolute atomic E-state index is 0.0424. The van der Waals surface area contributed by atoms with E-state index in [0.29, 0.717) is 0 Å². The second kappa shape index (κ2) is 4.63. The highest BCUT2D eigenvalue weighted by molar-refractivity contribution is 5.81. The van der Waals surface area contributed by atoms with Crippen LogP contribution in [0.5, 0.6) is 0 Å². The molecule has 2 aromatic heterocycles. The lowest BCUT2D eigenvalue weighted by Crippen LogP contribution is -2.44. The predicted octanol–water partition coefficient (Wildman–Crippen LogP) is -0.842. The molecule has 0 spiro atoms. The summed E-state index contributed by atoms with van der Waals surface area (Å²) in [6.45, 7) is -0.0424. The van der Waals surface area contributed by atoms with Gasteiger partial charge in [-0.2, -0.15) is 14.4 Å². The van der Waals surface area contributed by atoms with Crippen LogP contribution < -0.4 is 11.5 Å². The topological polar surface area (TPSA) is 125 Å². The molecule has 1 aliphatic rings. The molecular formula is C12H13FN6O2. The van der Waals surface area contributed by atoms with E-state index in [1.54, 1.807) is 0 Å². The molecule has 0 radical (unpaired) electrons. The van der Waals surface area contributed by atoms with Gasteiger partial charge in [-0.3, -0.25) is 4.57 Å². The number of hydrogen-bond donors (Lipinski definition) is 3. The zero-order chi connectivity index (χ0) is 15.2. The van der Waals surface area contributed by atoms with Crippen LogP contribution in [0.1, 0.15) is 12.6 Å². The Hall–Kier alpha value is -2.28. The second-order valence-corrected chi connectivity index (χ2v) is 4.76. The molecule has 110 valence electrons. The molecule has 5 N–H and O–H groups in total. The first-order chi connectivity index (χ1) is 10.0. The van der Waals surface area contributed by atoms with Gasteiger partial charge in [0.1, 0.15) is 6.23 Å². The van der Waals surface area contributed by atoms with Crippen molar-refractivity contribution in [1.29, 1.82) is 0 Å². The zero-order valence-corrected chi connectivity index (χ0v) is 10.9. The molecule has 3 rings (SSSR count). The van der Waals surface area contributed by atoms with Crippen molar-refractivity contribution in [1.82, 2.24) is 19.5 Å². The highest BCUT2D eigenvalue weighted by atomic mass is 19.1. The molecule has 21 heavy (non-hydrogen) atoms. The van der Waals surface area contributed by atoms with Gasteiger partial charge in [-0.25, -0.2) is 4.98 Å². The van der Waals surface area contributed by atoms with Gasteiger partial charge in [0, 0.05) is 13.0 Å². The highest BCUT2D eigenvalue weighted by Crippen LogP contribution is 2.37. The minimum atomic E-state index is -1.28. The van der Waals surface area contributed by atoms with E-state index >= 15 is 0 Å². The van der Waals surface area contributed by atoms with Crippen LogP contribution in [0.3, 0.4) is 0 Å². The summed E-state index contributed by atoms with van der Waals surface area (Å²) in [5.74, 6) is 2.30. The number of nitrogens with two attached hydrogens (primary N) is 2. The van der Waals surface area contributed by atoms with Gasteiger partial charge < -0.3 is 21.3 Å². The first kappa shape index (κ1) is 13.7. The normalized spacial score (nSPS) is 28.9. The van der Waals surface area contributed by atoms with Crippen LogP contribution in [0.4, 0.5) is 10.2 Å². The summed E-state index contributed by atoms with van der Waals surface area (Å²) >= 11 is 0. The van der Waals surface area contributed by atoms with E-state index in [0.717, 1.165) is 0 Å². The number of aliphatic hydroxyl groups excluding tert-OH is 1. The Bertz CT molecular complexity index is 741. The molecule has 0 bridgehead atoms. The van der Waals surface area contributed by atoms with Crippen LogP contribution in [-0.2, 0) is 4.74 Å². The molecule has 2 aromatic rings. The lowest BCUT2D eigenvalue weighted by atomic mass is 9.98. The fraction of sp³-hybridized carbons (Fsp3) is 0.417. The monoisotopic (exact) mass is 292 g/mol. The minimum Gasteiger partial charge on any atom is -0.389 e. The molecule has 0 saturated carbocycles. The van der Waals surface area contributed by atoms with Gasteiger partial charge in [0.05, 0.1) is 12.4 Å². The summed E-state index contributed by atoms with van der Waals surface area (Å²) in [4.78, 5) is 11.1. The molecule has 3 heterocycles. The van der Waals surface area contributed by atoms with Crippen molar-refractivity contribution >= 4 is 17.0 Å². The van der Waals surface area contributed by atoms with E-state index in [2.05, 4.69) is 20.9 Å². The van der Waals surface area contributed by atoms with E-state index in [4.69, 9.17) is 22.6 Å². The second-order valence-electron chi connectivity index (χ2n) is 4.76. The molecule has 1 saturated heterocycles. The lowest BCUT2D eigenvalue weighted by Gasteiger charge is -2.24. The van der Waals surface area contributed by atoms with Crippen molar-refractivity contribution < 1.29 is 14.2 Å². The summed E-state index contributed by atoms with van der Waals surface area (Å²) in [6.07, 6.45) is 4.38. The van der Waals surface area contributed by atoms with E-state index in [9.17, 15) is 9.50 Å². The average Bonchev–Trinajstić information content (AvgIpc) is 3.00. The fourth-order valence-electron chi connectivity index (χ4n) is 2.42. The van der Waals surface area contributed by atoms with Gasteiger partial charge in [0.2, 0.25) is 0 Å². The van der Waals surface area contributed by atoms with Crippen molar-refractivity contribution in [3.63, 3.8) is 0 Å². The van der Waals surface area contributed by atoms with Crippen molar-refractivity contribution in [2.45, 2.75) is 24.4 Å². The van der Waals surface area contributed by atoms with Crippen LogP contribution >= 0.6 is 0 Å². The van der Waals surface area contributed by atoms with E-state index in [1.807, 2.05) is 0 Å². The van der Waals surface area contributed by atoms with Gasteiger partial charge in [-0.05, 0) is 0 Å². The molecule has 3 atom stereocenters. The number of ether oxygens (including phenoxy) is 1. The maximum Gasteiger partial charge on any atom is 0.312 e. The Kier molecular flexibility index (Phi) is 3.02. The fourth-order valence-corrected chi connectivity index (χ4v) is 2.42. The third kappa shape index (κ3) is 1.92. The molecule has 0 aromatic carbocycles. The number of nitrogens with zero attached hydrogens (tertiary/aromatic N) is 4. The molecule has 0 amide bonds. The third-order valence-corrected chi connectivity index (χ3v) is 3.59. The number of terminal acetylenes is 1. The van der Waals surface area contributed by atoms with Gasteiger partial charge >= 0.3 is 6.08 Å². The smallest absolute Gasteiger partial charge is 0.312 e. The summed E-state index contributed by atoms with van der Waals surface area (Å²) < 4.78 is 20.5. The van der Waals surface area contributed by atoms with E-state index in [1.165, 1.54) is 10.9 Å². The summed E-state index contributed by atoms with van der Waals surface area (Å²) in [6, 6.07) is 0. The summed E-state index contributed by atoms with van der Waals surface area (Å²) in [5.41, 5.74) is 10.3. The Labute approximate surface area is 118 Å². The highest BCUT2D eigenvalue weighted by Gasteiger charge is 2.47. The van der Waals surface area contributed by atoms with Gasteiger partial charge in [-0.15, -0.1) is 6.42 Å². The third-order valence-electron chi connectivity index (χ3n) is 3.59. The first-order valence-electron chi connectivity index (χ1n) is 6.20.